The van der Waals surface area contributed by atoms with Crippen LogP contribution in [0.1, 0.15) is 26.2 Å². The normalized spacial score (nSPS) is 33.7. The second kappa shape index (κ2) is 3.37. The Labute approximate surface area is 68.1 Å². The van der Waals surface area contributed by atoms with Gasteiger partial charge < -0.3 is 10.8 Å². The zero-order valence-corrected chi connectivity index (χ0v) is 7.09. The molecule has 0 aromatic carbocycles. The molecule has 64 valence electrons. The van der Waals surface area contributed by atoms with Crippen molar-refractivity contribution in [2.75, 3.05) is 6.61 Å². The molecule has 0 aromatic heterocycles. The fraction of sp³-hybridized carbons (Fsp3) is 0.778. The molecule has 2 heteroatoms. The maximum atomic E-state index is 8.95. The van der Waals surface area contributed by atoms with E-state index < -0.39 is 0 Å². The van der Waals surface area contributed by atoms with Crippen molar-refractivity contribution in [3.8, 4) is 0 Å². The van der Waals surface area contributed by atoms with Gasteiger partial charge in [0.25, 0.3) is 0 Å². The van der Waals surface area contributed by atoms with Gasteiger partial charge in [0.05, 0.1) is 0 Å². The third kappa shape index (κ3) is 1.82. The van der Waals surface area contributed by atoms with E-state index in [0.29, 0.717) is 0 Å². The number of rotatable bonds is 2. The van der Waals surface area contributed by atoms with Gasteiger partial charge in [0.1, 0.15) is 0 Å². The molecule has 0 fully saturated rings. The molecule has 2 unspecified atom stereocenters. The van der Waals surface area contributed by atoms with E-state index in [9.17, 15) is 0 Å². The summed E-state index contributed by atoms with van der Waals surface area (Å²) in [5, 5.41) is 8.95. The van der Waals surface area contributed by atoms with E-state index in [1.807, 2.05) is 6.92 Å². The average Bonchev–Trinajstić information content (AvgIpc) is 2.04. The van der Waals surface area contributed by atoms with Crippen molar-refractivity contribution < 1.29 is 5.11 Å². The Morgan fingerprint density at radius 1 is 1.64 bits per heavy atom. The van der Waals surface area contributed by atoms with E-state index in [2.05, 4.69) is 12.2 Å². The van der Waals surface area contributed by atoms with Gasteiger partial charge in [-0.05, 0) is 25.2 Å². The van der Waals surface area contributed by atoms with Gasteiger partial charge in [-0.2, -0.15) is 0 Å². The van der Waals surface area contributed by atoms with Crippen LogP contribution in [-0.2, 0) is 0 Å². The summed E-state index contributed by atoms with van der Waals surface area (Å²) in [6.07, 6.45) is 7.26. The van der Waals surface area contributed by atoms with Gasteiger partial charge in [-0.3, -0.25) is 0 Å². The first-order chi connectivity index (χ1) is 5.19. The minimum atomic E-state index is -0.149. The van der Waals surface area contributed by atoms with Crippen LogP contribution >= 0.6 is 0 Å². The topological polar surface area (TPSA) is 46.2 Å². The molecule has 11 heavy (non-hydrogen) atoms. The van der Waals surface area contributed by atoms with Gasteiger partial charge >= 0.3 is 0 Å². The summed E-state index contributed by atoms with van der Waals surface area (Å²) in [6, 6.07) is 0. The van der Waals surface area contributed by atoms with Gasteiger partial charge in [-0.15, -0.1) is 0 Å². The van der Waals surface area contributed by atoms with Crippen molar-refractivity contribution in [3.05, 3.63) is 12.2 Å². The van der Waals surface area contributed by atoms with Crippen molar-refractivity contribution >= 4 is 0 Å². The second-order valence-corrected chi connectivity index (χ2v) is 3.53. The minimum absolute atomic E-state index is 0.149. The van der Waals surface area contributed by atoms with Crippen LogP contribution in [0.2, 0.25) is 0 Å². The molecule has 0 saturated carbocycles. The molecule has 0 heterocycles. The number of allylic oxidation sites excluding steroid dienone is 1. The monoisotopic (exact) mass is 155 g/mol. The Bertz CT molecular complexity index is 156. The van der Waals surface area contributed by atoms with Gasteiger partial charge in [-0.25, -0.2) is 0 Å². The maximum Gasteiger partial charge on any atom is 0.0474 e. The van der Waals surface area contributed by atoms with Gasteiger partial charge in [-0.1, -0.05) is 19.1 Å². The van der Waals surface area contributed by atoms with Gasteiger partial charge in [0.15, 0.2) is 0 Å². The summed E-state index contributed by atoms with van der Waals surface area (Å²) in [7, 11) is 0. The molecule has 2 nitrogen and oxygen atoms in total. The number of hydrogen-bond donors (Lipinski definition) is 2. The van der Waals surface area contributed by atoms with Crippen LogP contribution in [0.5, 0.6) is 0 Å². The van der Waals surface area contributed by atoms with Crippen LogP contribution < -0.4 is 5.73 Å². The summed E-state index contributed by atoms with van der Waals surface area (Å²) in [5.41, 5.74) is 5.95. The fourth-order valence-corrected chi connectivity index (χ4v) is 1.50. The summed E-state index contributed by atoms with van der Waals surface area (Å²) < 4.78 is 0. The Morgan fingerprint density at radius 3 is 2.82 bits per heavy atom. The van der Waals surface area contributed by atoms with E-state index in [4.69, 9.17) is 10.8 Å². The second-order valence-electron chi connectivity index (χ2n) is 3.53. The summed E-state index contributed by atoms with van der Waals surface area (Å²) in [4.78, 5) is 0. The highest BCUT2D eigenvalue weighted by atomic mass is 16.3. The third-order valence-electron chi connectivity index (χ3n) is 2.70. The molecule has 0 aliphatic heterocycles. The molecule has 0 radical (unpaired) electrons. The SMILES string of the molecule is CC(CO)C1(N)CC=CCC1. The highest BCUT2D eigenvalue weighted by Gasteiger charge is 2.30. The quantitative estimate of drug-likeness (QED) is 0.585. The van der Waals surface area contributed by atoms with E-state index >= 15 is 0 Å². The first-order valence-electron chi connectivity index (χ1n) is 4.24. The number of hydrogen-bond acceptors (Lipinski definition) is 2. The summed E-state index contributed by atoms with van der Waals surface area (Å²) in [6.45, 7) is 2.21. The predicted octanol–water partition coefficient (Wildman–Crippen LogP) is 1.05. The van der Waals surface area contributed by atoms with Crippen molar-refractivity contribution in [2.45, 2.75) is 31.7 Å². The lowest BCUT2D eigenvalue weighted by Crippen LogP contribution is -2.47. The van der Waals surface area contributed by atoms with Crippen molar-refractivity contribution in [1.82, 2.24) is 0 Å². The number of aliphatic hydroxyl groups excluding tert-OH is 1. The summed E-state index contributed by atoms with van der Waals surface area (Å²) >= 11 is 0. The van der Waals surface area contributed by atoms with Gasteiger partial charge in [0, 0.05) is 12.1 Å². The Kier molecular flexibility index (Phi) is 2.68. The molecule has 1 rings (SSSR count). The first-order valence-corrected chi connectivity index (χ1v) is 4.24. The Balaban J connectivity index is 2.58. The van der Waals surface area contributed by atoms with Crippen LogP contribution in [0, 0.1) is 5.92 Å². The highest BCUT2D eigenvalue weighted by Crippen LogP contribution is 2.27. The molecule has 2 atom stereocenters. The molecule has 0 bridgehead atoms. The van der Waals surface area contributed by atoms with Crippen molar-refractivity contribution in [1.29, 1.82) is 0 Å². The zero-order chi connectivity index (χ0) is 8.32. The van der Waals surface area contributed by atoms with Crippen molar-refractivity contribution in [3.63, 3.8) is 0 Å². The van der Waals surface area contributed by atoms with Crippen LogP contribution in [0.4, 0.5) is 0 Å². The molecular formula is C9H17NO. The minimum Gasteiger partial charge on any atom is -0.396 e. The van der Waals surface area contributed by atoms with Crippen LogP contribution in [0.25, 0.3) is 0 Å². The smallest absolute Gasteiger partial charge is 0.0474 e. The largest absolute Gasteiger partial charge is 0.396 e. The number of aliphatic hydroxyl groups is 1. The van der Waals surface area contributed by atoms with E-state index in [0.717, 1.165) is 19.3 Å². The number of nitrogens with two attached hydrogens (primary N) is 1. The molecule has 1 aliphatic rings. The highest BCUT2D eigenvalue weighted by molar-refractivity contribution is 5.03. The van der Waals surface area contributed by atoms with Crippen LogP contribution in [0.15, 0.2) is 12.2 Å². The van der Waals surface area contributed by atoms with Crippen molar-refractivity contribution in [2.24, 2.45) is 11.7 Å². The molecule has 0 aromatic rings. The fourth-order valence-electron chi connectivity index (χ4n) is 1.50. The Morgan fingerprint density at radius 2 is 2.36 bits per heavy atom. The third-order valence-corrected chi connectivity index (χ3v) is 2.70. The lowest BCUT2D eigenvalue weighted by Gasteiger charge is -2.35. The predicted molar refractivity (Wildman–Crippen MR) is 46.2 cm³/mol. The maximum absolute atomic E-state index is 8.95. The van der Waals surface area contributed by atoms with Gasteiger partial charge in [0.2, 0.25) is 0 Å². The zero-order valence-electron chi connectivity index (χ0n) is 7.09. The lowest BCUT2D eigenvalue weighted by molar-refractivity contribution is 0.155. The van der Waals surface area contributed by atoms with E-state index in [1.165, 1.54) is 0 Å². The molecule has 3 N–H and O–H groups in total. The van der Waals surface area contributed by atoms with E-state index in [1.54, 1.807) is 0 Å². The van der Waals surface area contributed by atoms with Crippen LogP contribution in [-0.4, -0.2) is 17.3 Å². The Hall–Kier alpha value is -0.340. The first kappa shape index (κ1) is 8.75. The van der Waals surface area contributed by atoms with E-state index in [-0.39, 0.29) is 18.1 Å². The molecule has 0 saturated heterocycles. The molecule has 0 spiro atoms. The molecular weight excluding hydrogens is 138 g/mol. The summed E-state index contributed by atoms with van der Waals surface area (Å²) in [5.74, 6) is 0.215. The standard InChI is InChI=1S/C9H17NO/c1-8(7-11)9(10)5-3-2-4-6-9/h2-3,8,11H,4-7,10H2,1H3. The average molecular weight is 155 g/mol. The lowest BCUT2D eigenvalue weighted by atomic mass is 9.77. The molecule has 0 amide bonds. The molecule has 1 aliphatic carbocycles. The van der Waals surface area contributed by atoms with Crippen LogP contribution in [0.3, 0.4) is 0 Å².